The van der Waals surface area contributed by atoms with Gasteiger partial charge in [-0.1, -0.05) is 12.1 Å². The second kappa shape index (κ2) is 11.2. The van der Waals surface area contributed by atoms with Gasteiger partial charge in [0.05, 0.1) is 36.6 Å². The number of aliphatic hydroxyl groups excluding tert-OH is 2. The highest BCUT2D eigenvalue weighted by atomic mass is 32.2. The summed E-state index contributed by atoms with van der Waals surface area (Å²) in [5.74, 6) is -1.47. The number of thioether (sulfide) groups is 1. The highest BCUT2D eigenvalue weighted by molar-refractivity contribution is 7.98. The fraction of sp³-hybridized carbons (Fsp3) is 0.391. The molecule has 0 amide bonds. The molecular formula is C23H27N5O6S2. The number of benzene rings is 1. The smallest absolute Gasteiger partial charge is 0.333 e. The normalized spacial score (nSPS) is 22.1. The molecule has 0 aliphatic heterocycles. The van der Waals surface area contributed by atoms with Gasteiger partial charge in [-0.3, -0.25) is 13.7 Å². The number of hydrogen-bond acceptors (Lipinski definition) is 10. The third kappa shape index (κ3) is 6.35. The van der Waals surface area contributed by atoms with E-state index in [1.807, 2.05) is 30.5 Å². The van der Waals surface area contributed by atoms with E-state index in [0.29, 0.717) is 12.2 Å². The van der Waals surface area contributed by atoms with Crippen molar-refractivity contribution >= 4 is 27.8 Å². The molecule has 1 fully saturated rings. The second-order valence-electron chi connectivity index (χ2n) is 8.68. The molecule has 4 rings (SSSR count). The van der Waals surface area contributed by atoms with Gasteiger partial charge in [-0.25, -0.2) is 15.1 Å². The number of carbonyl (C=O) groups excluding carboxylic acids is 1. The molecule has 4 N–H and O–H groups in total. The fourth-order valence-corrected chi connectivity index (χ4v) is 5.13. The first-order valence-electron chi connectivity index (χ1n) is 11.2. The number of nitrogens with two attached hydrogens (primary N) is 1. The summed E-state index contributed by atoms with van der Waals surface area (Å²) in [6.45, 7) is 0.161. The first-order chi connectivity index (χ1) is 17.1. The molecule has 0 radical (unpaired) electrons. The predicted octanol–water partition coefficient (Wildman–Crippen LogP) is 0.795. The maximum Gasteiger partial charge on any atom is 0.333 e. The lowest BCUT2D eigenvalue weighted by molar-refractivity contribution is -0.00334. The molecule has 3 aromatic rings. The lowest BCUT2D eigenvalue weighted by Gasteiger charge is -2.17. The van der Waals surface area contributed by atoms with Gasteiger partial charge in [0.1, 0.15) is 12.0 Å². The van der Waals surface area contributed by atoms with E-state index in [0.717, 1.165) is 10.5 Å². The maximum absolute atomic E-state index is 13.2. The standard InChI is InChI=1S/C23H27N5O6S2/c1-35-17-4-2-14(3-5-17)11-28-7-6-19(27-28)23(31)18-10-25-13-26-20(18)9-15-8-16(22(30)21(15)29)12-34-36(24,32)33/h2-7,10,13,15-16,21-22,29-30H,8-9,11-12H2,1H3,(H2,24,32,33)/t15-,16+,21-,22+/m0/s1. The summed E-state index contributed by atoms with van der Waals surface area (Å²) in [5, 5.41) is 30.1. The first kappa shape index (κ1) is 26.4. The monoisotopic (exact) mass is 533 g/mol. The summed E-state index contributed by atoms with van der Waals surface area (Å²) in [7, 11) is -4.17. The van der Waals surface area contributed by atoms with Crippen LogP contribution in [-0.4, -0.2) is 69.2 Å². The number of carbonyl (C=O) groups is 1. The van der Waals surface area contributed by atoms with Crippen molar-refractivity contribution in [1.29, 1.82) is 0 Å². The molecule has 0 spiro atoms. The summed E-state index contributed by atoms with van der Waals surface area (Å²) >= 11 is 1.66. The van der Waals surface area contributed by atoms with Gasteiger partial charge in [0.25, 0.3) is 0 Å². The summed E-state index contributed by atoms with van der Waals surface area (Å²) in [5.41, 5.74) is 1.94. The minimum atomic E-state index is -4.17. The Balaban J connectivity index is 1.46. The number of hydrogen-bond donors (Lipinski definition) is 3. The van der Waals surface area contributed by atoms with Crippen molar-refractivity contribution in [2.45, 2.75) is 36.5 Å². The third-order valence-electron chi connectivity index (χ3n) is 6.24. The Morgan fingerprint density at radius 1 is 1.19 bits per heavy atom. The number of nitrogens with zero attached hydrogens (tertiary/aromatic N) is 4. The van der Waals surface area contributed by atoms with Gasteiger partial charge in [-0.2, -0.15) is 13.5 Å². The van der Waals surface area contributed by atoms with Crippen LogP contribution in [0, 0.1) is 11.8 Å². The largest absolute Gasteiger partial charge is 0.390 e. The van der Waals surface area contributed by atoms with Crippen molar-refractivity contribution in [3.8, 4) is 0 Å². The van der Waals surface area contributed by atoms with Gasteiger partial charge in [-0.05, 0) is 48.8 Å². The Labute approximate surface area is 213 Å². The van der Waals surface area contributed by atoms with Crippen molar-refractivity contribution in [3.63, 3.8) is 0 Å². The van der Waals surface area contributed by atoms with Crippen LogP contribution in [0.2, 0.25) is 0 Å². The fourth-order valence-electron chi connectivity index (χ4n) is 4.36. The molecule has 13 heteroatoms. The van der Waals surface area contributed by atoms with Crippen LogP contribution < -0.4 is 5.14 Å². The van der Waals surface area contributed by atoms with Crippen molar-refractivity contribution < 1.29 is 27.6 Å². The van der Waals surface area contributed by atoms with Crippen LogP contribution in [-0.2, 0) is 27.5 Å². The van der Waals surface area contributed by atoms with Crippen LogP contribution in [0.25, 0.3) is 0 Å². The topological polar surface area (TPSA) is 171 Å². The lowest BCUT2D eigenvalue weighted by Crippen LogP contribution is -2.31. The number of ketones is 1. The molecule has 11 nitrogen and oxygen atoms in total. The van der Waals surface area contributed by atoms with Gasteiger partial charge in [0.15, 0.2) is 0 Å². The molecule has 2 heterocycles. The molecule has 36 heavy (non-hydrogen) atoms. The number of aromatic nitrogens is 4. The molecule has 1 aliphatic carbocycles. The molecule has 1 saturated carbocycles. The Morgan fingerprint density at radius 2 is 1.92 bits per heavy atom. The zero-order valence-electron chi connectivity index (χ0n) is 19.5. The molecule has 2 aromatic heterocycles. The summed E-state index contributed by atoms with van der Waals surface area (Å²) in [4.78, 5) is 22.6. The van der Waals surface area contributed by atoms with Crippen LogP contribution in [0.15, 0.2) is 53.9 Å². The number of rotatable bonds is 10. The maximum atomic E-state index is 13.2. The summed E-state index contributed by atoms with van der Waals surface area (Å²) in [6, 6.07) is 9.72. The minimum Gasteiger partial charge on any atom is -0.390 e. The van der Waals surface area contributed by atoms with Crippen LogP contribution in [0.4, 0.5) is 0 Å². The van der Waals surface area contributed by atoms with Crippen LogP contribution in [0.1, 0.15) is 33.7 Å². The van der Waals surface area contributed by atoms with Crippen LogP contribution >= 0.6 is 11.8 Å². The van der Waals surface area contributed by atoms with Crippen molar-refractivity contribution in [3.05, 3.63) is 71.6 Å². The molecular weight excluding hydrogens is 506 g/mol. The van der Waals surface area contributed by atoms with E-state index in [-0.39, 0.29) is 36.5 Å². The molecule has 4 atom stereocenters. The van der Waals surface area contributed by atoms with E-state index in [2.05, 4.69) is 19.2 Å². The van der Waals surface area contributed by atoms with Gasteiger partial charge < -0.3 is 10.2 Å². The lowest BCUT2D eigenvalue weighted by atomic mass is 9.95. The molecule has 1 aliphatic rings. The summed E-state index contributed by atoms with van der Waals surface area (Å²) < 4.78 is 28.4. The molecule has 0 bridgehead atoms. The molecule has 192 valence electrons. The number of aliphatic hydroxyl groups is 2. The Morgan fingerprint density at radius 3 is 2.61 bits per heavy atom. The van der Waals surface area contributed by atoms with E-state index < -0.39 is 34.3 Å². The second-order valence-corrected chi connectivity index (χ2v) is 10.8. The highest BCUT2D eigenvalue weighted by Crippen LogP contribution is 2.35. The molecule has 0 unspecified atom stereocenters. The third-order valence-corrected chi connectivity index (χ3v) is 7.45. The van der Waals surface area contributed by atoms with E-state index >= 15 is 0 Å². The molecule has 0 saturated heterocycles. The van der Waals surface area contributed by atoms with Gasteiger partial charge in [0.2, 0.25) is 5.78 Å². The van der Waals surface area contributed by atoms with Gasteiger partial charge in [0, 0.05) is 23.2 Å². The first-order valence-corrected chi connectivity index (χ1v) is 13.9. The van der Waals surface area contributed by atoms with Crippen molar-refractivity contribution in [2.24, 2.45) is 17.0 Å². The Hall–Kier alpha value is -2.68. The Kier molecular flexibility index (Phi) is 8.17. The van der Waals surface area contributed by atoms with Crippen molar-refractivity contribution in [1.82, 2.24) is 19.7 Å². The average Bonchev–Trinajstić information content (AvgIpc) is 3.43. The SMILES string of the molecule is CSc1ccc(Cn2ccc(C(=O)c3cncnc3C[C@@H]3C[C@H](COS(N)(=O)=O)[C@@H](O)[C@H]3O)n2)cc1. The highest BCUT2D eigenvalue weighted by Gasteiger charge is 2.42. The van der Waals surface area contributed by atoms with Crippen LogP contribution in [0.5, 0.6) is 0 Å². The molecule has 1 aromatic carbocycles. The van der Waals surface area contributed by atoms with E-state index in [9.17, 15) is 23.4 Å². The van der Waals surface area contributed by atoms with E-state index in [1.165, 1.54) is 12.5 Å². The van der Waals surface area contributed by atoms with Crippen LogP contribution in [0.3, 0.4) is 0 Å². The van der Waals surface area contributed by atoms with Crippen molar-refractivity contribution in [2.75, 3.05) is 12.9 Å². The minimum absolute atomic E-state index is 0.177. The van der Waals surface area contributed by atoms with Gasteiger partial charge in [-0.15, -0.1) is 11.8 Å². The van der Waals surface area contributed by atoms with E-state index in [4.69, 9.17) is 5.14 Å². The van der Waals surface area contributed by atoms with Gasteiger partial charge >= 0.3 is 10.3 Å². The zero-order chi connectivity index (χ0) is 25.9. The summed E-state index contributed by atoms with van der Waals surface area (Å²) in [6.07, 6.45) is 4.56. The van der Waals surface area contributed by atoms with E-state index in [1.54, 1.807) is 28.7 Å². The Bertz CT molecular complexity index is 1310. The predicted molar refractivity (Wildman–Crippen MR) is 131 cm³/mol. The quantitative estimate of drug-likeness (QED) is 0.250. The zero-order valence-corrected chi connectivity index (χ0v) is 21.1. The average molecular weight is 534 g/mol.